The molecule has 1 N–H and O–H groups in total. The minimum atomic E-state index is 0. The van der Waals surface area contributed by atoms with Gasteiger partial charge in [0.2, 0.25) is 5.91 Å². The molecule has 2 rings (SSSR count). The third kappa shape index (κ3) is 3.35. The Bertz CT molecular complexity index is 248. The van der Waals surface area contributed by atoms with E-state index in [1.54, 1.807) is 0 Å². The van der Waals surface area contributed by atoms with E-state index in [0.717, 1.165) is 25.9 Å². The van der Waals surface area contributed by atoms with Crippen LogP contribution in [0.5, 0.6) is 0 Å². The highest BCUT2D eigenvalue weighted by molar-refractivity contribution is 5.85. The smallest absolute Gasteiger partial charge is 0.227 e. The van der Waals surface area contributed by atoms with Crippen LogP contribution in [0.1, 0.15) is 46.0 Å². The maximum Gasteiger partial charge on any atom is 0.227 e. The second-order valence-electron chi connectivity index (χ2n) is 5.47. The highest BCUT2D eigenvalue weighted by Gasteiger charge is 2.34. The summed E-state index contributed by atoms with van der Waals surface area (Å²) in [5, 5.41) is 3.34. The normalized spacial score (nSPS) is 25.0. The van der Waals surface area contributed by atoms with Crippen molar-refractivity contribution in [1.82, 2.24) is 10.2 Å². The predicted octanol–water partition coefficient (Wildman–Crippen LogP) is 2.20. The number of hydrogen-bond donors (Lipinski definition) is 1. The van der Waals surface area contributed by atoms with Gasteiger partial charge in [-0.3, -0.25) is 4.79 Å². The van der Waals surface area contributed by atoms with Gasteiger partial charge in [-0.15, -0.1) is 12.4 Å². The van der Waals surface area contributed by atoms with Gasteiger partial charge >= 0.3 is 0 Å². The minimum absolute atomic E-state index is 0. The Morgan fingerprint density at radius 2 is 1.94 bits per heavy atom. The van der Waals surface area contributed by atoms with Gasteiger partial charge in [0.15, 0.2) is 0 Å². The largest absolute Gasteiger partial charge is 0.337 e. The van der Waals surface area contributed by atoms with E-state index in [4.69, 9.17) is 0 Å². The first-order chi connectivity index (χ1) is 7.70. The first-order valence-electron chi connectivity index (χ1n) is 6.73. The number of carbonyl (C=O) groups is 1. The SMILES string of the molecule is CC(C)N(C(=O)C1CCCNC1)C1CCC1.Cl. The van der Waals surface area contributed by atoms with Crippen LogP contribution in [0.4, 0.5) is 0 Å². The summed E-state index contributed by atoms with van der Waals surface area (Å²) in [5.41, 5.74) is 0. The summed E-state index contributed by atoms with van der Waals surface area (Å²) in [4.78, 5) is 14.6. The number of rotatable bonds is 3. The Labute approximate surface area is 111 Å². The topological polar surface area (TPSA) is 32.3 Å². The zero-order valence-corrected chi connectivity index (χ0v) is 11.8. The molecule has 17 heavy (non-hydrogen) atoms. The third-order valence-electron chi connectivity index (χ3n) is 3.93. The summed E-state index contributed by atoms with van der Waals surface area (Å²) in [7, 11) is 0. The molecule has 1 heterocycles. The average Bonchev–Trinajstić information content (AvgIpc) is 2.23. The zero-order chi connectivity index (χ0) is 11.5. The van der Waals surface area contributed by atoms with Gasteiger partial charge in [0.25, 0.3) is 0 Å². The van der Waals surface area contributed by atoms with Crippen LogP contribution >= 0.6 is 12.4 Å². The van der Waals surface area contributed by atoms with Gasteiger partial charge in [-0.25, -0.2) is 0 Å². The van der Waals surface area contributed by atoms with Crippen LogP contribution in [0.2, 0.25) is 0 Å². The van der Waals surface area contributed by atoms with Crippen LogP contribution in [-0.2, 0) is 4.79 Å². The lowest BCUT2D eigenvalue weighted by atomic mass is 9.88. The first-order valence-corrected chi connectivity index (χ1v) is 6.73. The van der Waals surface area contributed by atoms with Crippen molar-refractivity contribution in [2.24, 2.45) is 5.92 Å². The summed E-state index contributed by atoms with van der Waals surface area (Å²) in [6, 6.07) is 0.897. The lowest BCUT2D eigenvalue weighted by Crippen LogP contribution is -2.52. The fourth-order valence-electron chi connectivity index (χ4n) is 2.79. The molecule has 4 heteroatoms. The van der Waals surface area contributed by atoms with E-state index in [2.05, 4.69) is 24.1 Å². The standard InChI is InChI=1S/C13H24N2O.ClH/c1-10(2)15(12-6-3-7-12)13(16)11-5-4-8-14-9-11;/h10-12,14H,3-9H2,1-2H3;1H. The van der Waals surface area contributed by atoms with Crippen molar-refractivity contribution >= 4 is 18.3 Å². The Morgan fingerprint density at radius 3 is 2.35 bits per heavy atom. The molecule has 2 fully saturated rings. The van der Waals surface area contributed by atoms with Crippen LogP contribution in [0.25, 0.3) is 0 Å². The molecule has 0 spiro atoms. The van der Waals surface area contributed by atoms with E-state index in [1.165, 1.54) is 19.3 Å². The predicted molar refractivity (Wildman–Crippen MR) is 72.5 cm³/mol. The van der Waals surface area contributed by atoms with Crippen LogP contribution in [0.3, 0.4) is 0 Å². The number of piperidine rings is 1. The van der Waals surface area contributed by atoms with Crippen LogP contribution in [0, 0.1) is 5.92 Å². The number of nitrogens with one attached hydrogen (secondary N) is 1. The lowest BCUT2D eigenvalue weighted by Gasteiger charge is -2.42. The lowest BCUT2D eigenvalue weighted by molar-refractivity contribution is -0.142. The van der Waals surface area contributed by atoms with Crippen molar-refractivity contribution in [2.75, 3.05) is 13.1 Å². The minimum Gasteiger partial charge on any atom is -0.337 e. The molecule has 1 amide bonds. The molecule has 1 saturated heterocycles. The van der Waals surface area contributed by atoms with Gasteiger partial charge in [-0.1, -0.05) is 0 Å². The number of amides is 1. The summed E-state index contributed by atoms with van der Waals surface area (Å²) in [6.45, 7) is 6.25. The molecule has 0 aromatic rings. The van der Waals surface area contributed by atoms with Crippen molar-refractivity contribution in [1.29, 1.82) is 0 Å². The van der Waals surface area contributed by atoms with E-state index in [9.17, 15) is 4.79 Å². The monoisotopic (exact) mass is 260 g/mol. The summed E-state index contributed by atoms with van der Waals surface area (Å²) in [6.07, 6.45) is 5.94. The number of hydrogen-bond acceptors (Lipinski definition) is 2. The second-order valence-corrected chi connectivity index (χ2v) is 5.47. The fourth-order valence-corrected chi connectivity index (χ4v) is 2.79. The maximum absolute atomic E-state index is 12.5. The molecule has 0 bridgehead atoms. The highest BCUT2D eigenvalue weighted by Crippen LogP contribution is 2.28. The van der Waals surface area contributed by atoms with Crippen molar-refractivity contribution in [3.63, 3.8) is 0 Å². The van der Waals surface area contributed by atoms with Gasteiger partial charge < -0.3 is 10.2 Å². The van der Waals surface area contributed by atoms with Gasteiger partial charge in [0.1, 0.15) is 0 Å². The molecule has 100 valence electrons. The molecule has 3 nitrogen and oxygen atoms in total. The molecule has 1 saturated carbocycles. The quantitative estimate of drug-likeness (QED) is 0.844. The molecule has 0 radical (unpaired) electrons. The Balaban J connectivity index is 0.00000144. The van der Waals surface area contributed by atoms with Crippen LogP contribution in [0.15, 0.2) is 0 Å². The zero-order valence-electron chi connectivity index (χ0n) is 10.9. The molecule has 1 unspecified atom stereocenters. The van der Waals surface area contributed by atoms with E-state index < -0.39 is 0 Å². The third-order valence-corrected chi connectivity index (χ3v) is 3.93. The molecule has 1 aliphatic heterocycles. The van der Waals surface area contributed by atoms with Crippen LogP contribution < -0.4 is 5.32 Å². The maximum atomic E-state index is 12.5. The summed E-state index contributed by atoms with van der Waals surface area (Å²) >= 11 is 0. The van der Waals surface area contributed by atoms with Crippen molar-refractivity contribution < 1.29 is 4.79 Å². The molecular weight excluding hydrogens is 236 g/mol. The number of nitrogens with zero attached hydrogens (tertiary/aromatic N) is 1. The molecule has 0 aromatic carbocycles. The van der Waals surface area contributed by atoms with E-state index in [1.807, 2.05) is 0 Å². The van der Waals surface area contributed by atoms with Crippen molar-refractivity contribution in [2.45, 2.75) is 58.0 Å². The van der Waals surface area contributed by atoms with Gasteiger partial charge in [-0.2, -0.15) is 0 Å². The van der Waals surface area contributed by atoms with E-state index >= 15 is 0 Å². The second kappa shape index (κ2) is 6.60. The highest BCUT2D eigenvalue weighted by atomic mass is 35.5. The molecule has 2 aliphatic rings. The van der Waals surface area contributed by atoms with Crippen molar-refractivity contribution in [3.8, 4) is 0 Å². The first kappa shape index (κ1) is 14.8. The molecular formula is C13H25ClN2O. The van der Waals surface area contributed by atoms with E-state index in [0.29, 0.717) is 18.0 Å². The molecule has 0 aromatic heterocycles. The summed E-state index contributed by atoms with van der Waals surface area (Å²) in [5.74, 6) is 0.628. The van der Waals surface area contributed by atoms with Crippen molar-refractivity contribution in [3.05, 3.63) is 0 Å². The average molecular weight is 261 g/mol. The van der Waals surface area contributed by atoms with Gasteiger partial charge in [0.05, 0.1) is 5.92 Å². The number of halogens is 1. The Kier molecular flexibility index (Phi) is 5.74. The Hall–Kier alpha value is -0.280. The molecule has 1 atom stereocenters. The Morgan fingerprint density at radius 1 is 1.24 bits per heavy atom. The van der Waals surface area contributed by atoms with E-state index in [-0.39, 0.29) is 18.3 Å². The van der Waals surface area contributed by atoms with Crippen LogP contribution in [-0.4, -0.2) is 36.0 Å². The summed E-state index contributed by atoms with van der Waals surface area (Å²) < 4.78 is 0. The fraction of sp³-hybridized carbons (Fsp3) is 0.923. The van der Waals surface area contributed by atoms with Gasteiger partial charge in [-0.05, 0) is 52.5 Å². The number of carbonyl (C=O) groups excluding carboxylic acids is 1. The van der Waals surface area contributed by atoms with Gasteiger partial charge in [0, 0.05) is 18.6 Å². The molecule has 1 aliphatic carbocycles.